The molecule has 0 aliphatic heterocycles. The third kappa shape index (κ3) is 2.93. The first-order chi connectivity index (χ1) is 8.91. The zero-order chi connectivity index (χ0) is 14.2. The standard InChI is InChI=1S/C14H16Br2N2O/c1-8(2)18-13(12(16)7-17-18)14(19)10-4-5-11(15)9(3)6-10/h4-8,14,19H,1-3H3. The van der Waals surface area contributed by atoms with Crippen LogP contribution in [0.5, 0.6) is 0 Å². The van der Waals surface area contributed by atoms with Crippen molar-refractivity contribution in [3.63, 3.8) is 0 Å². The second-order valence-corrected chi connectivity index (χ2v) is 6.54. The molecule has 0 fully saturated rings. The maximum absolute atomic E-state index is 10.6. The van der Waals surface area contributed by atoms with Crippen LogP contribution in [-0.2, 0) is 0 Å². The van der Waals surface area contributed by atoms with Crippen molar-refractivity contribution in [1.82, 2.24) is 9.78 Å². The van der Waals surface area contributed by atoms with Crippen molar-refractivity contribution in [2.45, 2.75) is 32.9 Å². The summed E-state index contributed by atoms with van der Waals surface area (Å²) in [6.45, 7) is 6.10. The molecule has 1 N–H and O–H groups in total. The quantitative estimate of drug-likeness (QED) is 0.848. The first-order valence-electron chi connectivity index (χ1n) is 6.08. The fourth-order valence-corrected chi connectivity index (χ4v) is 2.75. The molecule has 2 rings (SSSR count). The van der Waals surface area contributed by atoms with Crippen LogP contribution < -0.4 is 0 Å². The van der Waals surface area contributed by atoms with Crippen LogP contribution in [0.25, 0.3) is 0 Å². The number of hydrogen-bond donors (Lipinski definition) is 1. The van der Waals surface area contributed by atoms with Crippen LogP contribution in [0.1, 0.15) is 42.8 Å². The Morgan fingerprint density at radius 3 is 2.47 bits per heavy atom. The van der Waals surface area contributed by atoms with Crippen molar-refractivity contribution in [2.24, 2.45) is 0 Å². The topological polar surface area (TPSA) is 38.1 Å². The van der Waals surface area contributed by atoms with E-state index in [1.807, 2.05) is 43.7 Å². The molecule has 102 valence electrons. The maximum atomic E-state index is 10.6. The molecule has 1 heterocycles. The zero-order valence-corrected chi connectivity index (χ0v) is 14.2. The Balaban J connectivity index is 2.46. The van der Waals surface area contributed by atoms with E-state index in [2.05, 4.69) is 37.0 Å². The summed E-state index contributed by atoms with van der Waals surface area (Å²) >= 11 is 6.93. The number of aromatic nitrogens is 2. The highest BCUT2D eigenvalue weighted by molar-refractivity contribution is 9.10. The number of halogens is 2. The van der Waals surface area contributed by atoms with Crippen molar-refractivity contribution in [3.05, 3.63) is 50.2 Å². The average Bonchev–Trinajstić information content (AvgIpc) is 2.74. The van der Waals surface area contributed by atoms with Gasteiger partial charge >= 0.3 is 0 Å². The van der Waals surface area contributed by atoms with E-state index in [-0.39, 0.29) is 6.04 Å². The molecule has 0 bridgehead atoms. The molecule has 19 heavy (non-hydrogen) atoms. The molecule has 0 spiro atoms. The molecule has 1 aromatic heterocycles. The lowest BCUT2D eigenvalue weighted by Gasteiger charge is -2.17. The number of rotatable bonds is 3. The Labute approximate surface area is 129 Å². The van der Waals surface area contributed by atoms with Gasteiger partial charge in [-0.05, 0) is 53.9 Å². The zero-order valence-electron chi connectivity index (χ0n) is 11.1. The highest BCUT2D eigenvalue weighted by Gasteiger charge is 2.21. The summed E-state index contributed by atoms with van der Waals surface area (Å²) in [5, 5.41) is 14.9. The lowest BCUT2D eigenvalue weighted by Crippen LogP contribution is -2.12. The predicted octanol–water partition coefficient (Wildman–Crippen LogP) is 4.38. The Morgan fingerprint density at radius 1 is 1.21 bits per heavy atom. The van der Waals surface area contributed by atoms with Gasteiger partial charge in [-0.1, -0.05) is 28.1 Å². The lowest BCUT2D eigenvalue weighted by atomic mass is 10.0. The molecule has 5 heteroatoms. The molecular formula is C14H16Br2N2O. The van der Waals surface area contributed by atoms with Crippen LogP contribution in [0.15, 0.2) is 33.3 Å². The Bertz CT molecular complexity index is 593. The number of aliphatic hydroxyl groups is 1. The largest absolute Gasteiger partial charge is 0.382 e. The molecule has 2 aromatic rings. The molecule has 0 radical (unpaired) electrons. The molecule has 1 aromatic carbocycles. The van der Waals surface area contributed by atoms with Gasteiger partial charge in [0, 0.05) is 10.5 Å². The van der Waals surface area contributed by atoms with Crippen molar-refractivity contribution in [2.75, 3.05) is 0 Å². The van der Waals surface area contributed by atoms with E-state index in [0.29, 0.717) is 0 Å². The monoisotopic (exact) mass is 386 g/mol. The third-order valence-electron chi connectivity index (χ3n) is 3.03. The average molecular weight is 388 g/mol. The number of hydrogen-bond acceptors (Lipinski definition) is 2. The van der Waals surface area contributed by atoms with E-state index in [1.165, 1.54) is 0 Å². The minimum Gasteiger partial charge on any atom is -0.382 e. The SMILES string of the molecule is Cc1cc(C(O)c2c(Br)cnn2C(C)C)ccc1Br. The summed E-state index contributed by atoms with van der Waals surface area (Å²) in [6, 6.07) is 6.07. The van der Waals surface area contributed by atoms with E-state index < -0.39 is 6.10 Å². The van der Waals surface area contributed by atoms with Gasteiger partial charge in [-0.15, -0.1) is 0 Å². The van der Waals surface area contributed by atoms with Crippen molar-refractivity contribution >= 4 is 31.9 Å². The van der Waals surface area contributed by atoms with Gasteiger partial charge in [0.25, 0.3) is 0 Å². The van der Waals surface area contributed by atoms with Gasteiger partial charge in [0.05, 0.1) is 16.4 Å². The summed E-state index contributed by atoms with van der Waals surface area (Å²) in [5.41, 5.74) is 2.75. The normalized spacial score (nSPS) is 13.0. The van der Waals surface area contributed by atoms with Crippen LogP contribution in [0.3, 0.4) is 0 Å². The Hall–Kier alpha value is -0.650. The molecule has 0 saturated carbocycles. The molecule has 0 saturated heterocycles. The van der Waals surface area contributed by atoms with Gasteiger partial charge in [0.15, 0.2) is 0 Å². The molecule has 0 aliphatic rings. The first-order valence-corrected chi connectivity index (χ1v) is 7.67. The molecule has 0 aliphatic carbocycles. The summed E-state index contributed by atoms with van der Waals surface area (Å²) in [5.74, 6) is 0. The number of aryl methyl sites for hydroxylation is 1. The minimum absolute atomic E-state index is 0.201. The first kappa shape index (κ1) is 14.8. The summed E-state index contributed by atoms with van der Waals surface area (Å²) < 4.78 is 3.71. The van der Waals surface area contributed by atoms with Crippen molar-refractivity contribution < 1.29 is 5.11 Å². The van der Waals surface area contributed by atoms with Gasteiger partial charge in [0.2, 0.25) is 0 Å². The van der Waals surface area contributed by atoms with Gasteiger partial charge < -0.3 is 5.11 Å². The van der Waals surface area contributed by atoms with Crippen LogP contribution >= 0.6 is 31.9 Å². The number of nitrogens with zero attached hydrogens (tertiary/aromatic N) is 2. The van der Waals surface area contributed by atoms with Crippen molar-refractivity contribution in [3.8, 4) is 0 Å². The fraction of sp³-hybridized carbons (Fsp3) is 0.357. The highest BCUT2D eigenvalue weighted by Crippen LogP contribution is 2.31. The second-order valence-electron chi connectivity index (χ2n) is 4.83. The smallest absolute Gasteiger partial charge is 0.122 e. The van der Waals surface area contributed by atoms with E-state index >= 15 is 0 Å². The summed E-state index contributed by atoms with van der Waals surface area (Å²) in [7, 11) is 0. The fourth-order valence-electron chi connectivity index (χ4n) is 2.01. The van der Waals surface area contributed by atoms with E-state index in [0.717, 1.165) is 25.8 Å². The minimum atomic E-state index is -0.689. The number of aliphatic hydroxyl groups excluding tert-OH is 1. The van der Waals surface area contributed by atoms with Crippen LogP contribution in [0.2, 0.25) is 0 Å². The Kier molecular flexibility index (Phi) is 4.48. The lowest BCUT2D eigenvalue weighted by molar-refractivity contribution is 0.204. The summed E-state index contributed by atoms with van der Waals surface area (Å²) in [4.78, 5) is 0. The van der Waals surface area contributed by atoms with Crippen LogP contribution in [0.4, 0.5) is 0 Å². The molecule has 1 unspecified atom stereocenters. The molecule has 3 nitrogen and oxygen atoms in total. The van der Waals surface area contributed by atoms with Gasteiger partial charge in [-0.2, -0.15) is 5.10 Å². The van der Waals surface area contributed by atoms with Crippen LogP contribution in [-0.4, -0.2) is 14.9 Å². The van der Waals surface area contributed by atoms with E-state index in [1.54, 1.807) is 6.20 Å². The highest BCUT2D eigenvalue weighted by atomic mass is 79.9. The summed E-state index contributed by atoms with van der Waals surface area (Å²) in [6.07, 6.45) is 1.04. The van der Waals surface area contributed by atoms with Gasteiger partial charge in [-0.3, -0.25) is 4.68 Å². The molecule has 0 amide bonds. The predicted molar refractivity (Wildman–Crippen MR) is 83.3 cm³/mol. The van der Waals surface area contributed by atoms with Crippen LogP contribution in [0, 0.1) is 6.92 Å². The van der Waals surface area contributed by atoms with Gasteiger partial charge in [0.1, 0.15) is 6.10 Å². The molecule has 1 atom stereocenters. The van der Waals surface area contributed by atoms with Crippen molar-refractivity contribution in [1.29, 1.82) is 0 Å². The Morgan fingerprint density at radius 2 is 1.89 bits per heavy atom. The second kappa shape index (κ2) is 5.77. The maximum Gasteiger partial charge on any atom is 0.122 e. The third-order valence-corrected chi connectivity index (χ3v) is 4.53. The van der Waals surface area contributed by atoms with Gasteiger partial charge in [-0.25, -0.2) is 0 Å². The molecular weight excluding hydrogens is 372 g/mol. The van der Waals surface area contributed by atoms with E-state index in [4.69, 9.17) is 0 Å². The van der Waals surface area contributed by atoms with E-state index in [9.17, 15) is 5.11 Å². The number of benzene rings is 1.